The van der Waals surface area contributed by atoms with E-state index in [1.807, 2.05) is 18.2 Å². The van der Waals surface area contributed by atoms with Gasteiger partial charge in [-0.15, -0.1) is 12.4 Å². The summed E-state index contributed by atoms with van der Waals surface area (Å²) in [7, 11) is 1.81. The molecule has 6 heteroatoms. The van der Waals surface area contributed by atoms with Gasteiger partial charge in [-0.2, -0.15) is 0 Å². The Balaban J connectivity index is 0.00000192. The summed E-state index contributed by atoms with van der Waals surface area (Å²) in [4.78, 5) is 11.9. The van der Waals surface area contributed by atoms with Crippen molar-refractivity contribution in [3.8, 4) is 11.5 Å². The molecule has 122 valence electrons. The Labute approximate surface area is 145 Å². The lowest BCUT2D eigenvalue weighted by molar-refractivity contribution is -0.139. The third-order valence-electron chi connectivity index (χ3n) is 3.94. The number of hydrogen-bond donors (Lipinski definition) is 2. The van der Waals surface area contributed by atoms with Crippen LogP contribution in [0.1, 0.15) is 23.0 Å². The molecule has 3 rings (SSSR count). The summed E-state index contributed by atoms with van der Waals surface area (Å²) in [6, 6.07) is 12.6. The summed E-state index contributed by atoms with van der Waals surface area (Å²) in [6.45, 7) is 0.516. The van der Waals surface area contributed by atoms with Crippen molar-refractivity contribution >= 4 is 30.0 Å². The van der Waals surface area contributed by atoms with Crippen LogP contribution in [-0.4, -0.2) is 24.7 Å². The minimum absolute atomic E-state index is 0. The first kappa shape index (κ1) is 17.6. The Hall–Kier alpha value is -1.75. The number of halogens is 2. The molecule has 0 spiro atoms. The van der Waals surface area contributed by atoms with Gasteiger partial charge in [-0.25, -0.2) is 0 Å². The molecule has 2 N–H and O–H groups in total. The number of rotatable bonds is 3. The minimum Gasteiger partial charge on any atom is -0.481 e. The van der Waals surface area contributed by atoms with Crippen molar-refractivity contribution in [2.24, 2.45) is 0 Å². The number of carboxylic acids is 1. The normalized spacial score (nSPS) is 18.7. The summed E-state index contributed by atoms with van der Waals surface area (Å²) in [5.74, 6) is -0.592. The molecule has 1 aliphatic heterocycles. The van der Waals surface area contributed by atoms with Crippen LogP contribution in [0.25, 0.3) is 0 Å². The third-order valence-corrected chi connectivity index (χ3v) is 4.17. The van der Waals surface area contributed by atoms with E-state index in [1.54, 1.807) is 31.3 Å². The van der Waals surface area contributed by atoms with Crippen LogP contribution in [0.2, 0.25) is 5.02 Å². The van der Waals surface area contributed by atoms with Crippen molar-refractivity contribution in [1.82, 2.24) is 5.32 Å². The lowest BCUT2D eigenvalue weighted by atomic mass is 9.81. The van der Waals surface area contributed by atoms with Crippen molar-refractivity contribution in [3.05, 3.63) is 58.6 Å². The van der Waals surface area contributed by atoms with E-state index in [0.29, 0.717) is 28.6 Å². The first-order valence-electron chi connectivity index (χ1n) is 7.05. The molecule has 1 aliphatic rings. The Morgan fingerprint density at radius 1 is 1.22 bits per heavy atom. The zero-order valence-corrected chi connectivity index (χ0v) is 14.0. The Morgan fingerprint density at radius 3 is 2.61 bits per heavy atom. The van der Waals surface area contributed by atoms with Gasteiger partial charge in [0.05, 0.1) is 5.92 Å². The zero-order valence-electron chi connectivity index (χ0n) is 12.5. The van der Waals surface area contributed by atoms with E-state index < -0.39 is 11.9 Å². The quantitative estimate of drug-likeness (QED) is 0.874. The summed E-state index contributed by atoms with van der Waals surface area (Å²) in [5, 5.41) is 13.4. The number of para-hydroxylation sites is 1. The molecular weight excluding hydrogens is 337 g/mol. The van der Waals surface area contributed by atoms with Crippen LogP contribution in [0.3, 0.4) is 0 Å². The number of aliphatic carboxylic acids is 1. The van der Waals surface area contributed by atoms with Crippen LogP contribution in [0, 0.1) is 0 Å². The highest BCUT2D eigenvalue weighted by Crippen LogP contribution is 2.46. The predicted molar refractivity (Wildman–Crippen MR) is 92.3 cm³/mol. The average molecular weight is 354 g/mol. The fourth-order valence-electron chi connectivity index (χ4n) is 3.00. The number of carboxylic acid groups (broad SMARTS) is 1. The number of likely N-dealkylation sites (N-methyl/N-ethyl adjacent to an activating group) is 1. The van der Waals surface area contributed by atoms with Crippen molar-refractivity contribution < 1.29 is 14.6 Å². The molecule has 2 aromatic rings. The van der Waals surface area contributed by atoms with Crippen LogP contribution in [0.15, 0.2) is 42.5 Å². The van der Waals surface area contributed by atoms with Crippen LogP contribution >= 0.6 is 24.0 Å². The highest BCUT2D eigenvalue weighted by Gasteiger charge is 2.37. The Bertz CT molecular complexity index is 721. The lowest BCUT2D eigenvalue weighted by Gasteiger charge is -2.23. The monoisotopic (exact) mass is 353 g/mol. The number of nitrogens with one attached hydrogen (secondary N) is 1. The van der Waals surface area contributed by atoms with E-state index in [4.69, 9.17) is 16.3 Å². The lowest BCUT2D eigenvalue weighted by Crippen LogP contribution is -2.27. The molecule has 0 amide bonds. The zero-order chi connectivity index (χ0) is 15.7. The molecule has 0 unspecified atom stereocenters. The van der Waals surface area contributed by atoms with Gasteiger partial charge in [0.2, 0.25) is 0 Å². The van der Waals surface area contributed by atoms with Gasteiger partial charge >= 0.3 is 5.97 Å². The smallest absolute Gasteiger partial charge is 0.311 e. The SMILES string of the molecule is CNC[C@@H]1c2cc(Cl)ccc2Oc2ccccc2[C@H]1C(=O)O.Cl. The molecule has 4 nitrogen and oxygen atoms in total. The Morgan fingerprint density at radius 2 is 1.91 bits per heavy atom. The number of hydrogen-bond acceptors (Lipinski definition) is 3. The van der Waals surface area contributed by atoms with Gasteiger partial charge in [-0.3, -0.25) is 4.79 Å². The summed E-state index contributed by atoms with van der Waals surface area (Å²) >= 11 is 6.11. The first-order chi connectivity index (χ1) is 10.6. The number of ether oxygens (including phenoxy) is 1. The predicted octanol–water partition coefficient (Wildman–Crippen LogP) is 4.04. The van der Waals surface area contributed by atoms with Crippen molar-refractivity contribution in [2.45, 2.75) is 11.8 Å². The molecule has 0 fully saturated rings. The van der Waals surface area contributed by atoms with Crippen molar-refractivity contribution in [2.75, 3.05) is 13.6 Å². The standard InChI is InChI=1S/C17H16ClNO3.ClH/c1-19-9-13-12-8-10(18)6-7-15(12)22-14-5-3-2-4-11(14)16(13)17(20)21;/h2-8,13,16,19H,9H2,1H3,(H,20,21);1H/t13-,16-;/m1./s1. The molecule has 2 aromatic carbocycles. The second-order valence-corrected chi connectivity index (χ2v) is 5.74. The largest absolute Gasteiger partial charge is 0.481 e. The average Bonchev–Trinajstić information content (AvgIpc) is 2.62. The molecule has 0 aromatic heterocycles. The van der Waals surface area contributed by atoms with Gasteiger partial charge in [0.1, 0.15) is 11.5 Å². The van der Waals surface area contributed by atoms with Crippen molar-refractivity contribution in [1.29, 1.82) is 0 Å². The molecule has 2 atom stereocenters. The maximum atomic E-state index is 11.9. The maximum Gasteiger partial charge on any atom is 0.311 e. The van der Waals surface area contributed by atoms with Gasteiger partial charge < -0.3 is 15.2 Å². The number of fused-ring (bicyclic) bond motifs is 2. The fraction of sp³-hybridized carbons (Fsp3) is 0.235. The molecule has 0 saturated carbocycles. The molecule has 0 aliphatic carbocycles. The van der Waals surface area contributed by atoms with E-state index in [9.17, 15) is 9.90 Å². The van der Waals surface area contributed by atoms with Gasteiger partial charge in [0, 0.05) is 28.6 Å². The first-order valence-corrected chi connectivity index (χ1v) is 7.43. The van der Waals surface area contributed by atoms with Crippen LogP contribution in [-0.2, 0) is 4.79 Å². The molecular formula is C17H17Cl2NO3. The van der Waals surface area contributed by atoms with E-state index in [0.717, 1.165) is 5.56 Å². The summed E-state index contributed by atoms with van der Waals surface area (Å²) in [5.41, 5.74) is 1.49. The van der Waals surface area contributed by atoms with Crippen molar-refractivity contribution in [3.63, 3.8) is 0 Å². The van der Waals surface area contributed by atoms with E-state index in [2.05, 4.69) is 5.32 Å². The highest BCUT2D eigenvalue weighted by atomic mass is 35.5. The van der Waals surface area contributed by atoms with E-state index >= 15 is 0 Å². The Kier molecular flexibility index (Phi) is 5.52. The molecule has 1 heterocycles. The van der Waals surface area contributed by atoms with Crippen LogP contribution < -0.4 is 10.1 Å². The van der Waals surface area contributed by atoms with Gasteiger partial charge in [-0.05, 0) is 31.3 Å². The number of benzene rings is 2. The maximum absolute atomic E-state index is 11.9. The van der Waals surface area contributed by atoms with Gasteiger partial charge in [-0.1, -0.05) is 29.8 Å². The second kappa shape index (κ2) is 7.21. The van der Waals surface area contributed by atoms with E-state index in [-0.39, 0.29) is 18.3 Å². The molecule has 0 radical (unpaired) electrons. The van der Waals surface area contributed by atoms with Gasteiger partial charge in [0.25, 0.3) is 0 Å². The molecule has 23 heavy (non-hydrogen) atoms. The minimum atomic E-state index is -0.871. The van der Waals surface area contributed by atoms with E-state index in [1.165, 1.54) is 0 Å². The molecule has 0 saturated heterocycles. The van der Waals surface area contributed by atoms with Crippen LogP contribution in [0.4, 0.5) is 0 Å². The topological polar surface area (TPSA) is 58.6 Å². The highest BCUT2D eigenvalue weighted by molar-refractivity contribution is 6.30. The summed E-state index contributed by atoms with van der Waals surface area (Å²) in [6.07, 6.45) is 0. The number of carbonyl (C=O) groups is 1. The third kappa shape index (κ3) is 3.29. The molecule has 0 bridgehead atoms. The summed E-state index contributed by atoms with van der Waals surface area (Å²) < 4.78 is 5.96. The van der Waals surface area contributed by atoms with Gasteiger partial charge in [0.15, 0.2) is 0 Å². The second-order valence-electron chi connectivity index (χ2n) is 5.30. The van der Waals surface area contributed by atoms with Crippen LogP contribution in [0.5, 0.6) is 11.5 Å². The fourth-order valence-corrected chi connectivity index (χ4v) is 3.18.